The molecule has 0 unspecified atom stereocenters. The Hall–Kier alpha value is -1.21. The number of hydrogen-bond acceptors (Lipinski definition) is 3. The van der Waals surface area contributed by atoms with Crippen LogP contribution in [0.5, 0.6) is 0 Å². The van der Waals surface area contributed by atoms with E-state index >= 15 is 0 Å². The fourth-order valence-corrected chi connectivity index (χ4v) is 0.964. The number of hydrogen-bond donors (Lipinski definition) is 2. The zero-order valence-electron chi connectivity index (χ0n) is 5.63. The first-order valence-corrected chi connectivity index (χ1v) is 3.69. The number of nitriles is 1. The average molecular weight is 212 g/mol. The van der Waals surface area contributed by atoms with E-state index in [1.807, 2.05) is 6.07 Å². The number of nitrogen functional groups attached to an aromatic ring is 2. The molecule has 1 rings (SSSR count). The van der Waals surface area contributed by atoms with Crippen LogP contribution in [0, 0.1) is 11.3 Å². The number of nitrogens with zero attached hydrogens (tertiary/aromatic N) is 1. The van der Waals surface area contributed by atoms with Crippen molar-refractivity contribution in [3.63, 3.8) is 0 Å². The average Bonchev–Trinajstić information content (AvgIpc) is 1.99. The second-order valence-electron chi connectivity index (χ2n) is 2.08. The minimum Gasteiger partial charge on any atom is -0.398 e. The Bertz CT molecular complexity index is 304. The number of benzene rings is 1. The molecule has 0 saturated carbocycles. The Labute approximate surface area is 72.7 Å². The minimum atomic E-state index is 0.475. The van der Waals surface area contributed by atoms with Gasteiger partial charge >= 0.3 is 0 Å². The predicted octanol–water partition coefficient (Wildman–Crippen LogP) is 1.49. The maximum atomic E-state index is 8.50. The van der Waals surface area contributed by atoms with Gasteiger partial charge in [-0.25, -0.2) is 0 Å². The van der Waals surface area contributed by atoms with E-state index in [-0.39, 0.29) is 0 Å². The Kier molecular flexibility index (Phi) is 2.01. The highest BCUT2D eigenvalue weighted by molar-refractivity contribution is 9.10. The summed E-state index contributed by atoms with van der Waals surface area (Å²) in [5, 5.41) is 8.50. The number of anilines is 2. The lowest BCUT2D eigenvalue weighted by molar-refractivity contribution is 1.48. The fourth-order valence-electron chi connectivity index (χ4n) is 0.735. The first-order chi connectivity index (χ1) is 5.15. The van der Waals surface area contributed by atoms with E-state index in [1.54, 1.807) is 12.1 Å². The third-order valence-corrected chi connectivity index (χ3v) is 2.17. The van der Waals surface area contributed by atoms with E-state index in [0.29, 0.717) is 21.4 Å². The standard InChI is InChI=1S/C7H6BrN3/c8-7-5(10)1-4(3-9)2-6(7)11/h1-2H,10-11H2. The third-order valence-electron chi connectivity index (χ3n) is 1.26. The summed E-state index contributed by atoms with van der Waals surface area (Å²) in [6.45, 7) is 0. The van der Waals surface area contributed by atoms with Crippen molar-refractivity contribution < 1.29 is 0 Å². The summed E-state index contributed by atoms with van der Waals surface area (Å²) in [6, 6.07) is 5.09. The summed E-state index contributed by atoms with van der Waals surface area (Å²) in [6.07, 6.45) is 0. The van der Waals surface area contributed by atoms with Gasteiger partial charge in [0.15, 0.2) is 0 Å². The van der Waals surface area contributed by atoms with Gasteiger partial charge in [0.1, 0.15) is 0 Å². The van der Waals surface area contributed by atoms with Crippen molar-refractivity contribution in [3.05, 3.63) is 22.2 Å². The Morgan fingerprint density at radius 3 is 2.09 bits per heavy atom. The van der Waals surface area contributed by atoms with Gasteiger partial charge in [0, 0.05) is 11.4 Å². The smallest absolute Gasteiger partial charge is 0.0993 e. The van der Waals surface area contributed by atoms with Crippen molar-refractivity contribution in [1.29, 1.82) is 5.26 Å². The van der Waals surface area contributed by atoms with Gasteiger partial charge in [-0.15, -0.1) is 0 Å². The molecule has 0 aromatic heterocycles. The first kappa shape index (κ1) is 7.89. The predicted molar refractivity (Wildman–Crippen MR) is 47.7 cm³/mol. The monoisotopic (exact) mass is 211 g/mol. The first-order valence-electron chi connectivity index (χ1n) is 2.89. The van der Waals surface area contributed by atoms with Crippen LogP contribution in [0.25, 0.3) is 0 Å². The van der Waals surface area contributed by atoms with E-state index in [4.69, 9.17) is 16.7 Å². The van der Waals surface area contributed by atoms with Crippen molar-refractivity contribution >= 4 is 27.3 Å². The van der Waals surface area contributed by atoms with E-state index in [2.05, 4.69) is 15.9 Å². The van der Waals surface area contributed by atoms with Crippen LogP contribution in [0.2, 0.25) is 0 Å². The quantitative estimate of drug-likeness (QED) is 0.639. The molecule has 1 aromatic carbocycles. The lowest BCUT2D eigenvalue weighted by atomic mass is 10.2. The molecule has 0 aliphatic carbocycles. The second kappa shape index (κ2) is 2.81. The van der Waals surface area contributed by atoms with Crippen LogP contribution in [0.1, 0.15) is 5.56 Å². The molecule has 4 N–H and O–H groups in total. The van der Waals surface area contributed by atoms with E-state index in [1.165, 1.54) is 0 Å². The molecular formula is C7H6BrN3. The van der Waals surface area contributed by atoms with Crippen LogP contribution in [0.4, 0.5) is 11.4 Å². The van der Waals surface area contributed by atoms with Gasteiger partial charge in [-0.1, -0.05) is 0 Å². The van der Waals surface area contributed by atoms with Gasteiger partial charge in [-0.3, -0.25) is 0 Å². The largest absolute Gasteiger partial charge is 0.398 e. The summed E-state index contributed by atoms with van der Waals surface area (Å²) < 4.78 is 0.650. The van der Waals surface area contributed by atoms with Gasteiger partial charge in [-0.2, -0.15) is 5.26 Å². The van der Waals surface area contributed by atoms with Gasteiger partial charge in [0.2, 0.25) is 0 Å². The zero-order chi connectivity index (χ0) is 8.43. The molecule has 0 radical (unpaired) electrons. The van der Waals surface area contributed by atoms with Crippen molar-refractivity contribution in [2.24, 2.45) is 0 Å². The van der Waals surface area contributed by atoms with Crippen LogP contribution >= 0.6 is 15.9 Å². The molecule has 0 amide bonds. The number of rotatable bonds is 0. The Balaban J connectivity index is 3.35. The molecule has 11 heavy (non-hydrogen) atoms. The normalized spacial score (nSPS) is 9.09. The third kappa shape index (κ3) is 1.44. The summed E-state index contributed by atoms with van der Waals surface area (Å²) in [5.74, 6) is 0. The van der Waals surface area contributed by atoms with E-state index in [0.717, 1.165) is 0 Å². The van der Waals surface area contributed by atoms with Crippen molar-refractivity contribution in [2.75, 3.05) is 11.5 Å². The van der Waals surface area contributed by atoms with E-state index < -0.39 is 0 Å². The maximum Gasteiger partial charge on any atom is 0.0993 e. The van der Waals surface area contributed by atoms with Crippen LogP contribution in [-0.2, 0) is 0 Å². The number of halogens is 1. The number of nitrogens with two attached hydrogens (primary N) is 2. The molecular weight excluding hydrogens is 206 g/mol. The van der Waals surface area contributed by atoms with Crippen LogP contribution in [0.15, 0.2) is 16.6 Å². The summed E-state index contributed by atoms with van der Waals surface area (Å²) >= 11 is 3.18. The van der Waals surface area contributed by atoms with Gasteiger partial charge in [-0.05, 0) is 28.1 Å². The van der Waals surface area contributed by atoms with E-state index in [9.17, 15) is 0 Å². The fraction of sp³-hybridized carbons (Fsp3) is 0. The lowest BCUT2D eigenvalue weighted by Crippen LogP contribution is -1.94. The molecule has 0 atom stereocenters. The van der Waals surface area contributed by atoms with Gasteiger partial charge < -0.3 is 11.5 Å². The van der Waals surface area contributed by atoms with Gasteiger partial charge in [0.05, 0.1) is 16.1 Å². The van der Waals surface area contributed by atoms with Gasteiger partial charge in [0.25, 0.3) is 0 Å². The molecule has 0 aliphatic heterocycles. The topological polar surface area (TPSA) is 75.8 Å². The maximum absolute atomic E-state index is 8.50. The van der Waals surface area contributed by atoms with Crippen molar-refractivity contribution in [2.45, 2.75) is 0 Å². The summed E-state index contributed by atoms with van der Waals surface area (Å²) in [7, 11) is 0. The van der Waals surface area contributed by atoms with Crippen molar-refractivity contribution in [1.82, 2.24) is 0 Å². The minimum absolute atomic E-state index is 0.475. The van der Waals surface area contributed by atoms with Crippen LogP contribution in [-0.4, -0.2) is 0 Å². The molecule has 3 nitrogen and oxygen atoms in total. The second-order valence-corrected chi connectivity index (χ2v) is 2.87. The highest BCUT2D eigenvalue weighted by Crippen LogP contribution is 2.27. The molecule has 0 saturated heterocycles. The van der Waals surface area contributed by atoms with Crippen molar-refractivity contribution in [3.8, 4) is 6.07 Å². The molecule has 4 heteroatoms. The lowest BCUT2D eigenvalue weighted by Gasteiger charge is -2.01. The SMILES string of the molecule is N#Cc1cc(N)c(Br)c(N)c1. The molecule has 0 heterocycles. The highest BCUT2D eigenvalue weighted by Gasteiger charge is 2.01. The highest BCUT2D eigenvalue weighted by atomic mass is 79.9. The Morgan fingerprint density at radius 1 is 1.27 bits per heavy atom. The zero-order valence-corrected chi connectivity index (χ0v) is 7.22. The Morgan fingerprint density at radius 2 is 1.73 bits per heavy atom. The molecule has 0 spiro atoms. The molecule has 0 bridgehead atoms. The molecule has 56 valence electrons. The summed E-state index contributed by atoms with van der Waals surface area (Å²) in [5.41, 5.74) is 12.5. The van der Waals surface area contributed by atoms with Crippen LogP contribution in [0.3, 0.4) is 0 Å². The summed E-state index contributed by atoms with van der Waals surface area (Å²) in [4.78, 5) is 0. The molecule has 0 aliphatic rings. The van der Waals surface area contributed by atoms with Crippen LogP contribution < -0.4 is 11.5 Å². The molecule has 0 fully saturated rings. The molecule has 1 aromatic rings.